The number of hydrogen-bond acceptors (Lipinski definition) is 2. The molecule has 1 heterocycles. The number of carbonyl (C=O) groups is 2. The molecule has 1 aliphatic heterocycles. The van der Waals surface area contributed by atoms with Gasteiger partial charge in [0.15, 0.2) is 0 Å². The molecule has 2 rings (SSSR count). The van der Waals surface area contributed by atoms with Crippen LogP contribution < -0.4 is 0 Å². The lowest BCUT2D eigenvalue weighted by atomic mass is 9.82. The van der Waals surface area contributed by atoms with Crippen molar-refractivity contribution in [2.45, 2.75) is 39.0 Å². The number of amides is 2. The first-order chi connectivity index (χ1) is 8.66. The first-order valence-corrected chi connectivity index (χ1v) is 6.87. The summed E-state index contributed by atoms with van der Waals surface area (Å²) in [5.74, 6) is -0.488. The van der Waals surface area contributed by atoms with E-state index in [9.17, 15) is 9.59 Å². The minimum absolute atomic E-state index is 0.00648. The average molecular weight is 247 g/mol. The Kier molecular flexibility index (Phi) is 4.00. The van der Waals surface area contributed by atoms with E-state index in [1.807, 2.05) is 12.2 Å². The fourth-order valence-corrected chi connectivity index (χ4v) is 2.83. The van der Waals surface area contributed by atoms with Crippen molar-refractivity contribution in [2.24, 2.45) is 11.8 Å². The summed E-state index contributed by atoms with van der Waals surface area (Å²) in [5, 5.41) is 0. The maximum Gasteiger partial charge on any atom is 0.237 e. The van der Waals surface area contributed by atoms with Crippen LogP contribution in [0.15, 0.2) is 24.3 Å². The molecular weight excluding hydrogens is 226 g/mol. The predicted octanol–water partition coefficient (Wildman–Crippen LogP) is 2.68. The van der Waals surface area contributed by atoms with Crippen LogP contribution in [0.5, 0.6) is 0 Å². The third kappa shape index (κ3) is 2.26. The van der Waals surface area contributed by atoms with Crippen molar-refractivity contribution in [2.75, 3.05) is 6.54 Å². The van der Waals surface area contributed by atoms with Crippen LogP contribution in [-0.2, 0) is 9.59 Å². The summed E-state index contributed by atoms with van der Waals surface area (Å²) in [5.41, 5.74) is 0.792. The van der Waals surface area contributed by atoms with Gasteiger partial charge in [0.2, 0.25) is 11.8 Å². The van der Waals surface area contributed by atoms with Gasteiger partial charge in [-0.2, -0.15) is 0 Å². The molecule has 0 saturated carbocycles. The highest BCUT2D eigenvalue weighted by Crippen LogP contribution is 2.37. The predicted molar refractivity (Wildman–Crippen MR) is 70.7 cm³/mol. The van der Waals surface area contributed by atoms with Gasteiger partial charge in [0, 0.05) is 6.54 Å². The van der Waals surface area contributed by atoms with Crippen molar-refractivity contribution in [3.8, 4) is 0 Å². The number of allylic oxidation sites excluding steroid dienone is 2. The number of likely N-dealkylation sites (tertiary alicyclic amines) is 1. The maximum absolute atomic E-state index is 12.2. The van der Waals surface area contributed by atoms with Gasteiger partial charge in [-0.15, -0.1) is 0 Å². The van der Waals surface area contributed by atoms with Crippen molar-refractivity contribution in [1.29, 1.82) is 0 Å². The number of fused-ring (bicyclic) bond motifs is 1. The van der Waals surface area contributed by atoms with Crippen LogP contribution >= 0.6 is 0 Å². The molecule has 2 unspecified atom stereocenters. The lowest BCUT2D eigenvalue weighted by Gasteiger charge is -2.17. The fourth-order valence-electron chi connectivity index (χ4n) is 2.83. The molecular formula is C15H21NO2. The van der Waals surface area contributed by atoms with Crippen LogP contribution in [0.4, 0.5) is 0 Å². The highest BCUT2D eigenvalue weighted by atomic mass is 16.2. The summed E-state index contributed by atoms with van der Waals surface area (Å²) in [7, 11) is 0. The Morgan fingerprint density at radius 2 is 2.06 bits per heavy atom. The van der Waals surface area contributed by atoms with E-state index in [0.717, 1.165) is 31.3 Å². The number of imide groups is 1. The Labute approximate surface area is 109 Å². The van der Waals surface area contributed by atoms with Gasteiger partial charge in [-0.05, 0) is 18.4 Å². The van der Waals surface area contributed by atoms with Crippen molar-refractivity contribution in [1.82, 2.24) is 4.90 Å². The van der Waals surface area contributed by atoms with E-state index in [0.29, 0.717) is 13.0 Å². The van der Waals surface area contributed by atoms with Crippen LogP contribution in [0.25, 0.3) is 0 Å². The van der Waals surface area contributed by atoms with Crippen molar-refractivity contribution in [3.05, 3.63) is 24.3 Å². The van der Waals surface area contributed by atoms with Gasteiger partial charge in [-0.3, -0.25) is 14.5 Å². The molecule has 1 aliphatic carbocycles. The average Bonchev–Trinajstić information content (AvgIpc) is 2.60. The standard InChI is InChI=1S/C15H21NO2/c1-3-4-5-6-10-16-14(17)12-9-7-8-11(2)13(12)15(16)18/h7-8,12-13H,2-6,9-10H2,1H3. The van der Waals surface area contributed by atoms with Crippen LogP contribution in [0, 0.1) is 11.8 Å². The molecule has 3 heteroatoms. The van der Waals surface area contributed by atoms with E-state index >= 15 is 0 Å². The minimum atomic E-state index is -0.284. The summed E-state index contributed by atoms with van der Waals surface area (Å²) >= 11 is 0. The van der Waals surface area contributed by atoms with Crippen LogP contribution in [0.1, 0.15) is 39.0 Å². The summed E-state index contributed by atoms with van der Waals surface area (Å²) in [6.07, 6.45) is 8.85. The number of carbonyl (C=O) groups excluding carboxylic acids is 2. The second kappa shape index (κ2) is 5.51. The number of hydrogen-bond donors (Lipinski definition) is 0. The first-order valence-electron chi connectivity index (χ1n) is 6.87. The van der Waals surface area contributed by atoms with Crippen LogP contribution in [0.3, 0.4) is 0 Å². The lowest BCUT2D eigenvalue weighted by Crippen LogP contribution is -2.32. The Hall–Kier alpha value is -1.38. The van der Waals surface area contributed by atoms with Gasteiger partial charge in [0.05, 0.1) is 11.8 Å². The Morgan fingerprint density at radius 1 is 1.28 bits per heavy atom. The summed E-state index contributed by atoms with van der Waals surface area (Å²) < 4.78 is 0. The molecule has 0 spiro atoms. The molecule has 0 radical (unpaired) electrons. The third-order valence-electron chi connectivity index (χ3n) is 3.87. The largest absolute Gasteiger partial charge is 0.282 e. The third-order valence-corrected chi connectivity index (χ3v) is 3.87. The number of rotatable bonds is 5. The highest BCUT2D eigenvalue weighted by Gasteiger charge is 2.48. The smallest absolute Gasteiger partial charge is 0.237 e. The summed E-state index contributed by atoms with van der Waals surface area (Å²) in [6, 6.07) is 0. The Morgan fingerprint density at radius 3 is 2.72 bits per heavy atom. The molecule has 2 amide bonds. The molecule has 0 aromatic heterocycles. The molecule has 1 saturated heterocycles. The quantitative estimate of drug-likeness (QED) is 0.553. The molecule has 2 aliphatic rings. The molecule has 1 fully saturated rings. The Balaban J connectivity index is 2.00. The second-order valence-electron chi connectivity index (χ2n) is 5.19. The highest BCUT2D eigenvalue weighted by molar-refractivity contribution is 6.07. The van der Waals surface area contributed by atoms with Crippen molar-refractivity contribution >= 4 is 11.8 Å². The zero-order valence-corrected chi connectivity index (χ0v) is 11.0. The zero-order chi connectivity index (χ0) is 13.1. The molecule has 18 heavy (non-hydrogen) atoms. The van der Waals surface area contributed by atoms with Gasteiger partial charge in [0.1, 0.15) is 0 Å². The van der Waals surface area contributed by atoms with Crippen molar-refractivity contribution in [3.63, 3.8) is 0 Å². The molecule has 98 valence electrons. The fraction of sp³-hybridized carbons (Fsp3) is 0.600. The maximum atomic E-state index is 12.2. The van der Waals surface area contributed by atoms with E-state index in [4.69, 9.17) is 0 Å². The van der Waals surface area contributed by atoms with Gasteiger partial charge in [-0.1, -0.05) is 44.9 Å². The van der Waals surface area contributed by atoms with Gasteiger partial charge >= 0.3 is 0 Å². The van der Waals surface area contributed by atoms with Crippen LogP contribution in [0.2, 0.25) is 0 Å². The number of nitrogens with zero attached hydrogens (tertiary/aromatic N) is 1. The molecule has 0 bridgehead atoms. The van der Waals surface area contributed by atoms with E-state index in [2.05, 4.69) is 13.5 Å². The van der Waals surface area contributed by atoms with Gasteiger partial charge in [0.25, 0.3) is 0 Å². The SMILES string of the molecule is C=C1C=CCC2C(=O)N(CCCCCC)C(=O)C12. The van der Waals surface area contributed by atoms with E-state index in [1.165, 1.54) is 4.90 Å². The molecule has 2 atom stereocenters. The molecule has 0 aromatic rings. The number of unbranched alkanes of at least 4 members (excludes halogenated alkanes) is 3. The summed E-state index contributed by atoms with van der Waals surface area (Å²) in [6.45, 7) is 6.63. The summed E-state index contributed by atoms with van der Waals surface area (Å²) in [4.78, 5) is 25.9. The lowest BCUT2D eigenvalue weighted by molar-refractivity contribution is -0.139. The minimum Gasteiger partial charge on any atom is -0.282 e. The zero-order valence-electron chi connectivity index (χ0n) is 11.0. The topological polar surface area (TPSA) is 37.4 Å². The monoisotopic (exact) mass is 247 g/mol. The first kappa shape index (κ1) is 13.1. The van der Waals surface area contributed by atoms with E-state index in [1.54, 1.807) is 0 Å². The van der Waals surface area contributed by atoms with Gasteiger partial charge in [-0.25, -0.2) is 0 Å². The Bertz CT molecular complexity index is 397. The van der Waals surface area contributed by atoms with Crippen molar-refractivity contribution < 1.29 is 9.59 Å². The van der Waals surface area contributed by atoms with Crippen LogP contribution in [-0.4, -0.2) is 23.3 Å². The molecule has 3 nitrogen and oxygen atoms in total. The normalized spacial score (nSPS) is 26.9. The van der Waals surface area contributed by atoms with E-state index < -0.39 is 0 Å². The van der Waals surface area contributed by atoms with Gasteiger partial charge < -0.3 is 0 Å². The molecule has 0 aromatic carbocycles. The van der Waals surface area contributed by atoms with E-state index in [-0.39, 0.29) is 23.7 Å². The molecule has 0 N–H and O–H groups in total. The second-order valence-corrected chi connectivity index (χ2v) is 5.19.